The van der Waals surface area contributed by atoms with Gasteiger partial charge in [-0.25, -0.2) is 0 Å². The van der Waals surface area contributed by atoms with E-state index in [1.165, 1.54) is 6.07 Å². The number of carbonyl (C=O) groups is 2. The number of hydrogen-bond acceptors (Lipinski definition) is 3. The fourth-order valence-corrected chi connectivity index (χ4v) is 3.43. The zero-order valence-electron chi connectivity index (χ0n) is 12.0. The maximum atomic E-state index is 12.3. The van der Waals surface area contributed by atoms with E-state index in [0.717, 1.165) is 32.4 Å². The van der Waals surface area contributed by atoms with Crippen molar-refractivity contribution in [2.24, 2.45) is 17.1 Å². The minimum Gasteiger partial charge on any atom is -0.366 e. The number of nitrogens with two attached hydrogens (primary N) is 1. The quantitative estimate of drug-likeness (QED) is 0.786. The Morgan fingerprint density at radius 1 is 1.32 bits per heavy atom. The largest absolute Gasteiger partial charge is 0.366 e. The fourth-order valence-electron chi connectivity index (χ4n) is 3.22. The smallest absolute Gasteiger partial charge is 0.250 e. The number of carbonyl (C=O) groups excluding carboxylic acids is 2. The van der Waals surface area contributed by atoms with Gasteiger partial charge < -0.3 is 16.4 Å². The van der Waals surface area contributed by atoms with E-state index < -0.39 is 5.91 Å². The Morgan fingerprint density at radius 2 is 2.00 bits per heavy atom. The third kappa shape index (κ3) is 3.21. The minimum atomic E-state index is -0.600. The van der Waals surface area contributed by atoms with Crippen LogP contribution < -0.4 is 16.4 Å². The van der Waals surface area contributed by atoms with Crippen molar-refractivity contribution < 1.29 is 9.59 Å². The van der Waals surface area contributed by atoms with E-state index in [1.807, 2.05) is 0 Å². The molecule has 1 spiro atoms. The minimum absolute atomic E-state index is 0. The molecular formula is C15H19Cl2N3O2. The Kier molecular flexibility index (Phi) is 5.00. The summed E-state index contributed by atoms with van der Waals surface area (Å²) < 4.78 is 0. The maximum absolute atomic E-state index is 12.3. The van der Waals surface area contributed by atoms with E-state index in [-0.39, 0.29) is 35.2 Å². The average Bonchev–Trinajstić information content (AvgIpc) is 3.15. The van der Waals surface area contributed by atoms with Gasteiger partial charge in [0.1, 0.15) is 0 Å². The number of anilines is 1. The van der Waals surface area contributed by atoms with Crippen LogP contribution in [0.1, 0.15) is 29.6 Å². The topological polar surface area (TPSA) is 84.2 Å². The molecule has 0 bridgehead atoms. The number of hydrogen-bond donors (Lipinski definition) is 3. The Labute approximate surface area is 140 Å². The molecule has 1 unspecified atom stereocenters. The Balaban J connectivity index is 0.00000176. The van der Waals surface area contributed by atoms with Crippen LogP contribution in [0, 0.1) is 11.3 Å². The zero-order chi connectivity index (χ0) is 15.0. The van der Waals surface area contributed by atoms with Crippen molar-refractivity contribution in [2.75, 3.05) is 18.4 Å². The summed E-state index contributed by atoms with van der Waals surface area (Å²) in [6, 6.07) is 4.79. The molecule has 120 valence electrons. The standard InChI is InChI=1S/C15H18ClN3O2.ClH/c16-12-2-1-9(7-10(12)13(17)20)19-14(21)11-8-15(11)3-5-18-6-4-15;/h1-2,7,11,18H,3-6,8H2,(H2,17,20)(H,19,21);1H. The molecule has 1 atom stereocenters. The van der Waals surface area contributed by atoms with Crippen molar-refractivity contribution >= 4 is 41.5 Å². The van der Waals surface area contributed by atoms with Crippen molar-refractivity contribution in [3.8, 4) is 0 Å². The van der Waals surface area contributed by atoms with Gasteiger partial charge in [-0.05, 0) is 56.0 Å². The number of halogens is 2. The summed E-state index contributed by atoms with van der Waals surface area (Å²) in [5.74, 6) is -0.501. The van der Waals surface area contributed by atoms with E-state index in [9.17, 15) is 9.59 Å². The highest BCUT2D eigenvalue weighted by Gasteiger charge is 2.57. The van der Waals surface area contributed by atoms with E-state index in [0.29, 0.717) is 10.7 Å². The second-order valence-electron chi connectivity index (χ2n) is 5.92. The van der Waals surface area contributed by atoms with E-state index in [1.54, 1.807) is 12.1 Å². The van der Waals surface area contributed by atoms with Crippen LogP contribution in [0.5, 0.6) is 0 Å². The van der Waals surface area contributed by atoms with E-state index >= 15 is 0 Å². The first-order valence-electron chi connectivity index (χ1n) is 7.13. The molecule has 1 saturated heterocycles. The van der Waals surface area contributed by atoms with Crippen LogP contribution in [0.4, 0.5) is 5.69 Å². The summed E-state index contributed by atoms with van der Waals surface area (Å²) in [6.07, 6.45) is 3.06. The van der Waals surface area contributed by atoms with Crippen LogP contribution in [0.2, 0.25) is 5.02 Å². The van der Waals surface area contributed by atoms with Crippen molar-refractivity contribution in [2.45, 2.75) is 19.3 Å². The molecule has 4 N–H and O–H groups in total. The maximum Gasteiger partial charge on any atom is 0.250 e. The van der Waals surface area contributed by atoms with Crippen LogP contribution in [0.15, 0.2) is 18.2 Å². The molecular weight excluding hydrogens is 325 g/mol. The van der Waals surface area contributed by atoms with Crippen molar-refractivity contribution in [1.82, 2.24) is 5.32 Å². The van der Waals surface area contributed by atoms with Gasteiger partial charge in [0, 0.05) is 11.6 Å². The molecule has 7 heteroatoms. The van der Waals surface area contributed by atoms with Gasteiger partial charge in [-0.2, -0.15) is 0 Å². The van der Waals surface area contributed by atoms with Crippen molar-refractivity contribution in [1.29, 1.82) is 0 Å². The van der Waals surface area contributed by atoms with Gasteiger partial charge >= 0.3 is 0 Å². The van der Waals surface area contributed by atoms with Crippen LogP contribution in [0.3, 0.4) is 0 Å². The molecule has 2 fully saturated rings. The zero-order valence-corrected chi connectivity index (χ0v) is 13.6. The second-order valence-corrected chi connectivity index (χ2v) is 6.32. The van der Waals surface area contributed by atoms with Gasteiger partial charge in [0.2, 0.25) is 11.8 Å². The van der Waals surface area contributed by atoms with E-state index in [4.69, 9.17) is 17.3 Å². The van der Waals surface area contributed by atoms with Crippen LogP contribution in [-0.2, 0) is 4.79 Å². The number of rotatable bonds is 3. The van der Waals surface area contributed by atoms with Gasteiger partial charge in [-0.1, -0.05) is 11.6 Å². The van der Waals surface area contributed by atoms with Crippen LogP contribution in [0.25, 0.3) is 0 Å². The third-order valence-electron chi connectivity index (χ3n) is 4.60. The predicted octanol–water partition coefficient (Wildman–Crippen LogP) is 2.19. The molecule has 1 saturated carbocycles. The van der Waals surface area contributed by atoms with Crippen LogP contribution >= 0.6 is 24.0 Å². The number of amides is 2. The molecule has 0 radical (unpaired) electrons. The number of benzene rings is 1. The SMILES string of the molecule is Cl.NC(=O)c1cc(NC(=O)C2CC23CCNCC3)ccc1Cl. The first kappa shape index (κ1) is 17.1. The molecule has 1 aliphatic heterocycles. The van der Waals surface area contributed by atoms with Gasteiger partial charge in [0.25, 0.3) is 0 Å². The predicted molar refractivity (Wildman–Crippen MR) is 88.5 cm³/mol. The molecule has 1 aromatic rings. The molecule has 2 amide bonds. The summed E-state index contributed by atoms with van der Waals surface area (Å²) in [5.41, 5.74) is 6.23. The molecule has 0 aromatic heterocycles. The molecule has 3 rings (SSSR count). The molecule has 1 aromatic carbocycles. The summed E-state index contributed by atoms with van der Waals surface area (Å²) in [5, 5.41) is 6.48. The van der Waals surface area contributed by atoms with Gasteiger partial charge in [0.05, 0.1) is 10.6 Å². The highest BCUT2D eigenvalue weighted by Crippen LogP contribution is 2.58. The number of primary amides is 1. The number of nitrogens with one attached hydrogen (secondary N) is 2. The van der Waals surface area contributed by atoms with Crippen LogP contribution in [-0.4, -0.2) is 24.9 Å². The lowest BCUT2D eigenvalue weighted by atomic mass is 9.92. The summed E-state index contributed by atoms with van der Waals surface area (Å²) in [6.45, 7) is 1.97. The Bertz CT molecular complexity index is 600. The molecule has 2 aliphatic rings. The van der Waals surface area contributed by atoms with Gasteiger partial charge in [-0.3, -0.25) is 9.59 Å². The monoisotopic (exact) mass is 343 g/mol. The number of piperidine rings is 1. The highest BCUT2D eigenvalue weighted by atomic mass is 35.5. The average molecular weight is 344 g/mol. The van der Waals surface area contributed by atoms with Crippen molar-refractivity contribution in [3.05, 3.63) is 28.8 Å². The summed E-state index contributed by atoms with van der Waals surface area (Å²) in [7, 11) is 0. The highest BCUT2D eigenvalue weighted by molar-refractivity contribution is 6.34. The third-order valence-corrected chi connectivity index (χ3v) is 4.93. The van der Waals surface area contributed by atoms with Gasteiger partial charge in [0.15, 0.2) is 0 Å². The van der Waals surface area contributed by atoms with E-state index in [2.05, 4.69) is 10.6 Å². The van der Waals surface area contributed by atoms with Gasteiger partial charge in [-0.15, -0.1) is 12.4 Å². The summed E-state index contributed by atoms with van der Waals surface area (Å²) >= 11 is 5.90. The first-order chi connectivity index (χ1) is 10.0. The Morgan fingerprint density at radius 3 is 2.64 bits per heavy atom. The molecule has 22 heavy (non-hydrogen) atoms. The molecule has 1 heterocycles. The summed E-state index contributed by atoms with van der Waals surface area (Å²) in [4.78, 5) is 23.6. The molecule has 1 aliphatic carbocycles. The normalized spacial score (nSPS) is 21.8. The second kappa shape index (κ2) is 6.44. The first-order valence-corrected chi connectivity index (χ1v) is 7.51. The lowest BCUT2D eigenvalue weighted by Crippen LogP contribution is -2.31. The lowest BCUT2D eigenvalue weighted by Gasteiger charge is -2.23. The molecule has 5 nitrogen and oxygen atoms in total. The fraction of sp³-hybridized carbons (Fsp3) is 0.467. The lowest BCUT2D eigenvalue weighted by molar-refractivity contribution is -0.118. The Hall–Kier alpha value is -1.30. The van der Waals surface area contributed by atoms with Crippen molar-refractivity contribution in [3.63, 3.8) is 0 Å².